The number of pyridine rings is 1. The van der Waals surface area contributed by atoms with Gasteiger partial charge in [-0.1, -0.05) is 6.92 Å². The van der Waals surface area contributed by atoms with E-state index in [1.165, 1.54) is 0 Å². The molecular formula is C9H11N3. The lowest BCUT2D eigenvalue weighted by Crippen LogP contribution is -1.98. The Kier molecular flexibility index (Phi) is 2.65. The quantitative estimate of drug-likeness (QED) is 0.716. The van der Waals surface area contributed by atoms with E-state index in [9.17, 15) is 0 Å². The summed E-state index contributed by atoms with van der Waals surface area (Å²) in [5.74, 6) is 0.664. The Morgan fingerprint density at radius 3 is 2.83 bits per heavy atom. The second kappa shape index (κ2) is 3.72. The normalized spacial score (nSPS) is 9.08. The van der Waals surface area contributed by atoms with E-state index >= 15 is 0 Å². The molecule has 3 heteroatoms. The van der Waals surface area contributed by atoms with Gasteiger partial charge in [0.15, 0.2) is 0 Å². The molecule has 0 bridgehead atoms. The van der Waals surface area contributed by atoms with E-state index in [0.29, 0.717) is 11.4 Å². The molecule has 1 N–H and O–H groups in total. The summed E-state index contributed by atoms with van der Waals surface area (Å²) in [6.07, 6.45) is 0.889. The zero-order chi connectivity index (χ0) is 8.97. The van der Waals surface area contributed by atoms with Crippen LogP contribution in [0.5, 0.6) is 0 Å². The van der Waals surface area contributed by atoms with Crippen molar-refractivity contribution in [3.8, 4) is 6.07 Å². The van der Waals surface area contributed by atoms with Crippen LogP contribution in [0.15, 0.2) is 12.1 Å². The number of hydrogen-bond acceptors (Lipinski definition) is 3. The van der Waals surface area contributed by atoms with Gasteiger partial charge in [0.25, 0.3) is 0 Å². The van der Waals surface area contributed by atoms with Gasteiger partial charge in [-0.05, 0) is 18.6 Å². The van der Waals surface area contributed by atoms with E-state index in [-0.39, 0.29) is 0 Å². The van der Waals surface area contributed by atoms with Crippen LogP contribution < -0.4 is 5.32 Å². The minimum atomic E-state index is 0.592. The molecule has 1 rings (SSSR count). The van der Waals surface area contributed by atoms with E-state index < -0.39 is 0 Å². The molecule has 0 saturated heterocycles. The topological polar surface area (TPSA) is 48.7 Å². The summed E-state index contributed by atoms with van der Waals surface area (Å²) < 4.78 is 0. The third-order valence-corrected chi connectivity index (χ3v) is 1.67. The third-order valence-electron chi connectivity index (χ3n) is 1.67. The molecule has 0 saturated carbocycles. The molecule has 0 aliphatic carbocycles. The fourth-order valence-electron chi connectivity index (χ4n) is 0.977. The second-order valence-electron chi connectivity index (χ2n) is 2.41. The SMILES string of the molecule is CCc1ccc(C#N)c(NC)n1. The fourth-order valence-corrected chi connectivity index (χ4v) is 0.977. The van der Waals surface area contributed by atoms with Crippen LogP contribution in [0.2, 0.25) is 0 Å². The van der Waals surface area contributed by atoms with Crippen molar-refractivity contribution in [2.75, 3.05) is 12.4 Å². The summed E-state index contributed by atoms with van der Waals surface area (Å²) in [5.41, 5.74) is 1.59. The summed E-state index contributed by atoms with van der Waals surface area (Å²) in [6, 6.07) is 5.74. The molecule has 0 atom stereocenters. The molecule has 62 valence electrons. The highest BCUT2D eigenvalue weighted by Gasteiger charge is 2.01. The maximum absolute atomic E-state index is 8.68. The van der Waals surface area contributed by atoms with Crippen LogP contribution >= 0.6 is 0 Å². The average Bonchev–Trinajstić information content (AvgIpc) is 2.16. The Bertz CT molecular complexity index is 312. The van der Waals surface area contributed by atoms with E-state index in [2.05, 4.69) is 16.4 Å². The van der Waals surface area contributed by atoms with Gasteiger partial charge in [0.05, 0.1) is 5.56 Å². The van der Waals surface area contributed by atoms with Gasteiger partial charge in [0, 0.05) is 12.7 Å². The predicted octanol–water partition coefficient (Wildman–Crippen LogP) is 1.56. The maximum atomic E-state index is 8.68. The van der Waals surface area contributed by atoms with Crippen LogP contribution in [0.4, 0.5) is 5.82 Å². The van der Waals surface area contributed by atoms with E-state index in [0.717, 1.165) is 12.1 Å². The van der Waals surface area contributed by atoms with Crippen LogP contribution in [-0.2, 0) is 6.42 Å². The standard InChI is InChI=1S/C9H11N3/c1-3-8-5-4-7(6-10)9(11-2)12-8/h4-5H,3H2,1-2H3,(H,11,12). The van der Waals surface area contributed by atoms with E-state index in [4.69, 9.17) is 5.26 Å². The van der Waals surface area contributed by atoms with Crippen molar-refractivity contribution >= 4 is 5.82 Å². The zero-order valence-corrected chi connectivity index (χ0v) is 7.26. The molecule has 1 heterocycles. The van der Waals surface area contributed by atoms with Crippen LogP contribution in [0.25, 0.3) is 0 Å². The maximum Gasteiger partial charge on any atom is 0.143 e. The van der Waals surface area contributed by atoms with Gasteiger partial charge in [-0.2, -0.15) is 5.26 Å². The van der Waals surface area contributed by atoms with Gasteiger partial charge >= 0.3 is 0 Å². The Labute approximate surface area is 72.1 Å². The fraction of sp³-hybridized carbons (Fsp3) is 0.333. The number of rotatable bonds is 2. The van der Waals surface area contributed by atoms with Crippen LogP contribution in [0, 0.1) is 11.3 Å². The smallest absolute Gasteiger partial charge is 0.143 e. The molecule has 12 heavy (non-hydrogen) atoms. The molecule has 1 aromatic rings. The highest BCUT2D eigenvalue weighted by atomic mass is 15.0. The lowest BCUT2D eigenvalue weighted by Gasteiger charge is -2.03. The highest BCUT2D eigenvalue weighted by molar-refractivity contribution is 5.51. The third kappa shape index (κ3) is 1.54. The second-order valence-corrected chi connectivity index (χ2v) is 2.41. The molecule has 0 aliphatic rings. The Morgan fingerprint density at radius 1 is 1.58 bits per heavy atom. The first-order valence-corrected chi connectivity index (χ1v) is 3.89. The van der Waals surface area contributed by atoms with Crippen LogP contribution in [0.3, 0.4) is 0 Å². The Morgan fingerprint density at radius 2 is 2.33 bits per heavy atom. The summed E-state index contributed by atoms with van der Waals surface area (Å²) in [4.78, 5) is 4.25. The van der Waals surface area contributed by atoms with Crippen molar-refractivity contribution in [3.63, 3.8) is 0 Å². The minimum Gasteiger partial charge on any atom is -0.372 e. The molecule has 0 amide bonds. The van der Waals surface area contributed by atoms with E-state index in [1.807, 2.05) is 13.0 Å². The number of nitrogens with one attached hydrogen (secondary N) is 1. The van der Waals surface area contributed by atoms with Crippen LogP contribution in [0.1, 0.15) is 18.2 Å². The summed E-state index contributed by atoms with van der Waals surface area (Å²) in [7, 11) is 1.77. The van der Waals surface area contributed by atoms with Crippen molar-refractivity contribution in [2.45, 2.75) is 13.3 Å². The molecular weight excluding hydrogens is 150 g/mol. The van der Waals surface area contributed by atoms with Crippen molar-refractivity contribution in [1.82, 2.24) is 4.98 Å². The zero-order valence-electron chi connectivity index (χ0n) is 7.26. The first-order chi connectivity index (χ1) is 5.81. The van der Waals surface area contributed by atoms with Gasteiger partial charge in [-0.3, -0.25) is 0 Å². The van der Waals surface area contributed by atoms with E-state index in [1.54, 1.807) is 13.1 Å². The first-order valence-electron chi connectivity index (χ1n) is 3.89. The van der Waals surface area contributed by atoms with Gasteiger partial charge in [-0.25, -0.2) is 4.98 Å². The number of hydrogen-bond donors (Lipinski definition) is 1. The Hall–Kier alpha value is -1.56. The summed E-state index contributed by atoms with van der Waals surface area (Å²) in [6.45, 7) is 2.04. The highest BCUT2D eigenvalue weighted by Crippen LogP contribution is 2.11. The largest absolute Gasteiger partial charge is 0.372 e. The molecule has 0 fully saturated rings. The van der Waals surface area contributed by atoms with Crippen molar-refractivity contribution in [3.05, 3.63) is 23.4 Å². The minimum absolute atomic E-state index is 0.592. The van der Waals surface area contributed by atoms with Gasteiger partial charge in [-0.15, -0.1) is 0 Å². The van der Waals surface area contributed by atoms with Gasteiger partial charge < -0.3 is 5.32 Å². The average molecular weight is 161 g/mol. The molecule has 0 aliphatic heterocycles. The number of aryl methyl sites for hydroxylation is 1. The van der Waals surface area contributed by atoms with Crippen molar-refractivity contribution < 1.29 is 0 Å². The number of anilines is 1. The molecule has 3 nitrogen and oxygen atoms in total. The molecule has 0 unspecified atom stereocenters. The Balaban J connectivity index is 3.13. The number of nitrogens with zero attached hydrogens (tertiary/aromatic N) is 2. The predicted molar refractivity (Wildman–Crippen MR) is 47.9 cm³/mol. The van der Waals surface area contributed by atoms with Crippen molar-refractivity contribution in [1.29, 1.82) is 5.26 Å². The lowest BCUT2D eigenvalue weighted by atomic mass is 10.2. The number of nitriles is 1. The molecule has 1 aromatic heterocycles. The van der Waals surface area contributed by atoms with Crippen LogP contribution in [-0.4, -0.2) is 12.0 Å². The molecule has 0 aromatic carbocycles. The van der Waals surface area contributed by atoms with Crippen molar-refractivity contribution in [2.24, 2.45) is 0 Å². The molecule has 0 radical (unpaired) electrons. The molecule has 0 spiro atoms. The first kappa shape index (κ1) is 8.54. The lowest BCUT2D eigenvalue weighted by molar-refractivity contribution is 1.03. The summed E-state index contributed by atoms with van der Waals surface area (Å²) >= 11 is 0. The summed E-state index contributed by atoms with van der Waals surface area (Å²) in [5, 5.41) is 11.6. The van der Waals surface area contributed by atoms with Gasteiger partial charge in [0.1, 0.15) is 11.9 Å². The number of aromatic nitrogens is 1. The van der Waals surface area contributed by atoms with Gasteiger partial charge in [0.2, 0.25) is 0 Å². The monoisotopic (exact) mass is 161 g/mol.